The van der Waals surface area contributed by atoms with Crippen LogP contribution < -0.4 is 10.1 Å². The number of aliphatic hydroxyl groups is 2. The Hall–Kier alpha value is -2.30. The molecule has 0 radical (unpaired) electrons. The third-order valence-corrected chi connectivity index (χ3v) is 2.90. The van der Waals surface area contributed by atoms with Gasteiger partial charge in [0.25, 0.3) is 0 Å². The zero-order valence-corrected chi connectivity index (χ0v) is 12.8. The van der Waals surface area contributed by atoms with Gasteiger partial charge in [0.1, 0.15) is 11.9 Å². The standard InChI is InChI=1S/C18H23NO3/c1-14(4-6-15(2)19-3)5-7-16-8-10-17(11-9-16)22-18(12-20)13-21/h4-11,18-21H,1-2,12-13H2,3H3/b6-4-,7-5+. The topological polar surface area (TPSA) is 61.7 Å². The van der Waals surface area contributed by atoms with E-state index in [0.717, 1.165) is 16.8 Å². The van der Waals surface area contributed by atoms with E-state index in [0.29, 0.717) is 5.75 Å². The molecule has 0 saturated carbocycles. The van der Waals surface area contributed by atoms with Gasteiger partial charge in [0.2, 0.25) is 0 Å². The van der Waals surface area contributed by atoms with Crippen LogP contribution in [0.4, 0.5) is 0 Å². The maximum atomic E-state index is 8.97. The van der Waals surface area contributed by atoms with Crippen molar-refractivity contribution in [3.8, 4) is 5.75 Å². The van der Waals surface area contributed by atoms with Gasteiger partial charge in [0, 0.05) is 12.7 Å². The minimum Gasteiger partial charge on any atom is -0.486 e. The van der Waals surface area contributed by atoms with Crippen molar-refractivity contribution in [2.45, 2.75) is 6.10 Å². The third kappa shape index (κ3) is 6.43. The van der Waals surface area contributed by atoms with E-state index in [1.54, 1.807) is 12.1 Å². The van der Waals surface area contributed by atoms with Crippen molar-refractivity contribution in [3.05, 3.63) is 72.5 Å². The Bertz CT molecular complexity index is 540. The molecule has 0 heterocycles. The number of nitrogens with one attached hydrogen (secondary N) is 1. The molecule has 0 fully saturated rings. The highest BCUT2D eigenvalue weighted by atomic mass is 16.5. The van der Waals surface area contributed by atoms with E-state index >= 15 is 0 Å². The van der Waals surface area contributed by atoms with Gasteiger partial charge in [-0.1, -0.05) is 43.5 Å². The Morgan fingerprint density at radius 2 is 1.77 bits per heavy atom. The Kier molecular flexibility index (Phi) is 7.75. The van der Waals surface area contributed by atoms with E-state index in [9.17, 15) is 0 Å². The molecule has 118 valence electrons. The number of ether oxygens (including phenoxy) is 1. The van der Waals surface area contributed by atoms with Gasteiger partial charge in [-0.3, -0.25) is 0 Å². The summed E-state index contributed by atoms with van der Waals surface area (Å²) in [5.41, 5.74) is 2.68. The molecule has 0 unspecified atom stereocenters. The van der Waals surface area contributed by atoms with Gasteiger partial charge in [-0.25, -0.2) is 0 Å². The average molecular weight is 301 g/mol. The maximum Gasteiger partial charge on any atom is 0.145 e. The van der Waals surface area contributed by atoms with Gasteiger partial charge in [-0.15, -0.1) is 0 Å². The fraction of sp³-hybridized carbons (Fsp3) is 0.222. The second-order valence-electron chi connectivity index (χ2n) is 4.69. The molecule has 0 spiro atoms. The van der Waals surface area contributed by atoms with Crippen LogP contribution in [0, 0.1) is 0 Å². The number of allylic oxidation sites excluding steroid dienone is 4. The van der Waals surface area contributed by atoms with E-state index in [1.165, 1.54) is 0 Å². The minimum absolute atomic E-state index is 0.220. The van der Waals surface area contributed by atoms with Crippen molar-refractivity contribution in [2.24, 2.45) is 0 Å². The number of aliphatic hydroxyl groups excluding tert-OH is 2. The summed E-state index contributed by atoms with van der Waals surface area (Å²) >= 11 is 0. The van der Waals surface area contributed by atoms with Gasteiger partial charge in [-0.2, -0.15) is 0 Å². The molecule has 0 saturated heterocycles. The highest BCUT2D eigenvalue weighted by Crippen LogP contribution is 2.15. The van der Waals surface area contributed by atoms with E-state index in [4.69, 9.17) is 14.9 Å². The second-order valence-corrected chi connectivity index (χ2v) is 4.69. The number of likely N-dealkylation sites (N-methyl/N-ethyl adjacent to an activating group) is 1. The maximum absolute atomic E-state index is 8.97. The molecule has 3 N–H and O–H groups in total. The third-order valence-electron chi connectivity index (χ3n) is 2.90. The van der Waals surface area contributed by atoms with E-state index in [2.05, 4.69) is 18.5 Å². The van der Waals surface area contributed by atoms with Gasteiger partial charge < -0.3 is 20.3 Å². The zero-order chi connectivity index (χ0) is 16.4. The van der Waals surface area contributed by atoms with Crippen molar-refractivity contribution < 1.29 is 14.9 Å². The van der Waals surface area contributed by atoms with Gasteiger partial charge in [0.15, 0.2) is 0 Å². The van der Waals surface area contributed by atoms with Crippen molar-refractivity contribution in [1.82, 2.24) is 5.32 Å². The van der Waals surface area contributed by atoms with Crippen LogP contribution in [0.3, 0.4) is 0 Å². The molecular weight excluding hydrogens is 278 g/mol. The van der Waals surface area contributed by atoms with E-state index in [-0.39, 0.29) is 13.2 Å². The molecule has 4 nitrogen and oxygen atoms in total. The summed E-state index contributed by atoms with van der Waals surface area (Å²) in [6.07, 6.45) is 6.98. The van der Waals surface area contributed by atoms with Crippen LogP contribution in [0.1, 0.15) is 5.56 Å². The van der Waals surface area contributed by atoms with Crippen LogP contribution in [0.25, 0.3) is 6.08 Å². The van der Waals surface area contributed by atoms with Crippen LogP contribution in [0.2, 0.25) is 0 Å². The average Bonchev–Trinajstić information content (AvgIpc) is 2.56. The van der Waals surface area contributed by atoms with Gasteiger partial charge in [-0.05, 0) is 29.3 Å². The lowest BCUT2D eigenvalue weighted by Gasteiger charge is -2.14. The second kappa shape index (κ2) is 9.60. The highest BCUT2D eigenvalue weighted by molar-refractivity contribution is 5.55. The van der Waals surface area contributed by atoms with Crippen molar-refractivity contribution in [3.63, 3.8) is 0 Å². The Balaban J connectivity index is 2.60. The van der Waals surface area contributed by atoms with Crippen molar-refractivity contribution >= 4 is 6.08 Å². The predicted octanol–water partition coefficient (Wildman–Crippen LogP) is 2.28. The Morgan fingerprint density at radius 1 is 1.14 bits per heavy atom. The summed E-state index contributed by atoms with van der Waals surface area (Å²) in [6, 6.07) is 7.36. The van der Waals surface area contributed by atoms with Crippen LogP contribution in [-0.2, 0) is 0 Å². The number of rotatable bonds is 9. The summed E-state index contributed by atoms with van der Waals surface area (Å²) in [5.74, 6) is 0.606. The molecule has 0 aromatic heterocycles. The van der Waals surface area contributed by atoms with Crippen molar-refractivity contribution in [2.75, 3.05) is 20.3 Å². The first kappa shape index (κ1) is 17.8. The first-order valence-corrected chi connectivity index (χ1v) is 6.99. The highest BCUT2D eigenvalue weighted by Gasteiger charge is 2.06. The lowest BCUT2D eigenvalue weighted by Crippen LogP contribution is -2.25. The normalized spacial score (nSPS) is 11.3. The summed E-state index contributed by atoms with van der Waals surface area (Å²) in [7, 11) is 1.81. The molecule has 0 aliphatic heterocycles. The quantitative estimate of drug-likeness (QED) is 0.612. The van der Waals surface area contributed by atoms with Gasteiger partial charge >= 0.3 is 0 Å². The van der Waals surface area contributed by atoms with E-state index < -0.39 is 6.10 Å². The molecule has 1 aromatic rings. The van der Waals surface area contributed by atoms with Crippen LogP contribution in [-0.4, -0.2) is 36.6 Å². The number of hydrogen-bond acceptors (Lipinski definition) is 4. The monoisotopic (exact) mass is 301 g/mol. The Labute approximate surface area is 131 Å². The lowest BCUT2D eigenvalue weighted by molar-refractivity contribution is 0.0629. The fourth-order valence-electron chi connectivity index (χ4n) is 1.53. The molecule has 4 heteroatoms. The molecular formula is C18H23NO3. The summed E-state index contributed by atoms with van der Waals surface area (Å²) in [5, 5.41) is 20.9. The summed E-state index contributed by atoms with van der Waals surface area (Å²) in [6.45, 7) is 7.29. The van der Waals surface area contributed by atoms with Crippen LogP contribution in [0.5, 0.6) is 5.75 Å². The van der Waals surface area contributed by atoms with Crippen LogP contribution in [0.15, 0.2) is 66.9 Å². The number of benzene rings is 1. The molecule has 0 aliphatic rings. The number of hydrogen-bond donors (Lipinski definition) is 3. The Morgan fingerprint density at radius 3 is 2.32 bits per heavy atom. The largest absolute Gasteiger partial charge is 0.486 e. The van der Waals surface area contributed by atoms with Crippen LogP contribution >= 0.6 is 0 Å². The molecule has 0 atom stereocenters. The molecule has 22 heavy (non-hydrogen) atoms. The van der Waals surface area contributed by atoms with E-state index in [1.807, 2.05) is 43.5 Å². The lowest BCUT2D eigenvalue weighted by atomic mass is 10.1. The molecule has 1 rings (SSSR count). The van der Waals surface area contributed by atoms with Crippen molar-refractivity contribution in [1.29, 1.82) is 0 Å². The molecule has 0 amide bonds. The molecule has 0 bridgehead atoms. The predicted molar refractivity (Wildman–Crippen MR) is 90.5 cm³/mol. The fourth-order valence-corrected chi connectivity index (χ4v) is 1.53. The summed E-state index contributed by atoms with van der Waals surface area (Å²) in [4.78, 5) is 0. The summed E-state index contributed by atoms with van der Waals surface area (Å²) < 4.78 is 5.40. The molecule has 0 aliphatic carbocycles. The SMILES string of the molecule is C=C(/C=C\C(=C)NC)/C=C/c1ccc(OC(CO)CO)cc1. The first-order valence-electron chi connectivity index (χ1n) is 6.99. The first-order chi connectivity index (χ1) is 10.6. The zero-order valence-electron chi connectivity index (χ0n) is 12.8. The minimum atomic E-state index is -0.591. The van der Waals surface area contributed by atoms with Gasteiger partial charge in [0.05, 0.1) is 13.2 Å². The molecule has 1 aromatic carbocycles. The smallest absolute Gasteiger partial charge is 0.145 e.